The van der Waals surface area contributed by atoms with Gasteiger partial charge in [-0.25, -0.2) is 0 Å². The Hall–Kier alpha value is -0.0700. The van der Waals surface area contributed by atoms with Crippen molar-refractivity contribution in [3.63, 3.8) is 0 Å². The summed E-state index contributed by atoms with van der Waals surface area (Å²) in [4.78, 5) is 16.1. The van der Waals surface area contributed by atoms with Crippen LogP contribution in [-0.2, 0) is 9.53 Å². The number of ether oxygens (including phenoxy) is 1. The van der Waals surface area contributed by atoms with Crippen LogP contribution in [0.3, 0.4) is 0 Å². The molecular weight excluding hydrogens is 289 g/mol. The van der Waals surface area contributed by atoms with Crippen molar-refractivity contribution >= 4 is 30.7 Å². The number of piperazine rings is 1. The summed E-state index contributed by atoms with van der Waals surface area (Å²) in [6.45, 7) is 7.23. The Morgan fingerprint density at radius 2 is 1.84 bits per heavy atom. The monoisotopic (exact) mass is 315 g/mol. The number of nitrogens with zero attached hydrogens (tertiary/aromatic N) is 2. The summed E-state index contributed by atoms with van der Waals surface area (Å²) in [7, 11) is 1.72. The van der Waals surface area contributed by atoms with Gasteiger partial charge in [-0.15, -0.1) is 24.8 Å². The summed E-state index contributed by atoms with van der Waals surface area (Å²) in [5.41, 5.74) is 5.65. The Morgan fingerprint density at radius 1 is 1.26 bits per heavy atom. The Kier molecular flexibility index (Phi) is 13.1. The molecule has 0 aromatic heterocycles. The minimum atomic E-state index is 0. The van der Waals surface area contributed by atoms with Crippen LogP contribution in [0.2, 0.25) is 0 Å². The summed E-state index contributed by atoms with van der Waals surface area (Å²) in [5, 5.41) is 0. The number of nitrogens with two attached hydrogens (primary N) is 1. The molecule has 1 aliphatic heterocycles. The van der Waals surface area contributed by atoms with E-state index in [4.69, 9.17) is 10.5 Å². The number of hydrogen-bond acceptors (Lipinski definition) is 4. The van der Waals surface area contributed by atoms with Crippen molar-refractivity contribution in [2.24, 2.45) is 5.73 Å². The highest BCUT2D eigenvalue weighted by Gasteiger charge is 2.20. The minimum absolute atomic E-state index is 0. The number of methoxy groups -OCH3 is 1. The van der Waals surface area contributed by atoms with E-state index < -0.39 is 0 Å². The lowest BCUT2D eigenvalue weighted by Crippen LogP contribution is -2.49. The van der Waals surface area contributed by atoms with Gasteiger partial charge in [-0.05, 0) is 13.3 Å². The standard InChI is InChI=1S/C12H25N3O2.2ClH/c1-11(13)3-4-12(16)15-7-5-14(6-8-15)9-10-17-2;;/h11H,3-10,13H2,1-2H3;2*1H. The zero-order valence-electron chi connectivity index (χ0n) is 11.8. The van der Waals surface area contributed by atoms with Crippen LogP contribution in [0.1, 0.15) is 19.8 Å². The van der Waals surface area contributed by atoms with Gasteiger partial charge in [0.25, 0.3) is 0 Å². The van der Waals surface area contributed by atoms with Gasteiger partial charge in [0, 0.05) is 52.3 Å². The molecule has 0 aliphatic carbocycles. The molecular formula is C12H27Cl2N3O2. The van der Waals surface area contributed by atoms with E-state index in [0.717, 1.165) is 45.8 Å². The fourth-order valence-electron chi connectivity index (χ4n) is 1.95. The van der Waals surface area contributed by atoms with E-state index >= 15 is 0 Å². The van der Waals surface area contributed by atoms with Crippen molar-refractivity contribution in [2.75, 3.05) is 46.4 Å². The number of carbonyl (C=O) groups excluding carboxylic acids is 1. The van der Waals surface area contributed by atoms with Gasteiger partial charge in [-0.2, -0.15) is 0 Å². The highest BCUT2D eigenvalue weighted by molar-refractivity contribution is 5.85. The minimum Gasteiger partial charge on any atom is -0.383 e. The molecule has 19 heavy (non-hydrogen) atoms. The van der Waals surface area contributed by atoms with Crippen LogP contribution in [0.5, 0.6) is 0 Å². The van der Waals surface area contributed by atoms with Crippen LogP contribution in [0.15, 0.2) is 0 Å². The molecule has 1 fully saturated rings. The van der Waals surface area contributed by atoms with Crippen LogP contribution >= 0.6 is 24.8 Å². The number of carbonyl (C=O) groups is 1. The van der Waals surface area contributed by atoms with Gasteiger partial charge in [-0.1, -0.05) is 0 Å². The first-order valence-corrected chi connectivity index (χ1v) is 6.38. The Morgan fingerprint density at radius 3 is 2.32 bits per heavy atom. The Balaban J connectivity index is 0. The SMILES string of the molecule is COCCN1CCN(C(=O)CCC(C)N)CC1.Cl.Cl. The molecule has 0 spiro atoms. The van der Waals surface area contributed by atoms with Gasteiger partial charge >= 0.3 is 0 Å². The fraction of sp³-hybridized carbons (Fsp3) is 0.917. The fourth-order valence-corrected chi connectivity index (χ4v) is 1.95. The maximum absolute atomic E-state index is 11.9. The van der Waals surface area contributed by atoms with E-state index in [2.05, 4.69) is 4.90 Å². The first-order valence-electron chi connectivity index (χ1n) is 6.38. The van der Waals surface area contributed by atoms with Crippen molar-refractivity contribution in [3.05, 3.63) is 0 Å². The summed E-state index contributed by atoms with van der Waals surface area (Å²) in [5.74, 6) is 0.244. The van der Waals surface area contributed by atoms with Crippen molar-refractivity contribution in [1.82, 2.24) is 9.80 Å². The first-order chi connectivity index (χ1) is 8.13. The molecule has 1 aliphatic rings. The summed E-state index contributed by atoms with van der Waals surface area (Å²) in [6, 6.07) is 0.113. The maximum Gasteiger partial charge on any atom is 0.222 e. The molecule has 0 saturated carbocycles. The predicted octanol–water partition coefficient (Wildman–Crippen LogP) is 0.748. The van der Waals surface area contributed by atoms with Crippen LogP contribution < -0.4 is 5.73 Å². The van der Waals surface area contributed by atoms with E-state index in [1.807, 2.05) is 11.8 Å². The molecule has 0 bridgehead atoms. The highest BCUT2D eigenvalue weighted by atomic mass is 35.5. The molecule has 5 nitrogen and oxygen atoms in total. The molecule has 0 aromatic rings. The second kappa shape index (κ2) is 11.7. The van der Waals surface area contributed by atoms with E-state index in [1.165, 1.54) is 0 Å². The van der Waals surface area contributed by atoms with Crippen molar-refractivity contribution in [1.29, 1.82) is 0 Å². The quantitative estimate of drug-likeness (QED) is 0.785. The highest BCUT2D eigenvalue weighted by Crippen LogP contribution is 2.05. The molecule has 116 valence electrons. The van der Waals surface area contributed by atoms with Crippen LogP contribution in [0.4, 0.5) is 0 Å². The smallest absolute Gasteiger partial charge is 0.222 e. The lowest BCUT2D eigenvalue weighted by Gasteiger charge is -2.34. The predicted molar refractivity (Wildman–Crippen MR) is 82.3 cm³/mol. The molecule has 2 N–H and O–H groups in total. The number of rotatable bonds is 6. The third kappa shape index (κ3) is 8.65. The van der Waals surface area contributed by atoms with Gasteiger partial charge in [0.1, 0.15) is 0 Å². The number of amides is 1. The van der Waals surface area contributed by atoms with E-state index in [0.29, 0.717) is 6.42 Å². The number of hydrogen-bond donors (Lipinski definition) is 1. The van der Waals surface area contributed by atoms with Gasteiger partial charge in [-0.3, -0.25) is 9.69 Å². The first kappa shape index (κ1) is 21.2. The van der Waals surface area contributed by atoms with E-state index in [-0.39, 0.29) is 36.8 Å². The number of halogens is 2. The molecule has 1 atom stereocenters. The molecule has 0 aromatic carbocycles. The van der Waals surface area contributed by atoms with Gasteiger partial charge in [0.15, 0.2) is 0 Å². The normalized spacial score (nSPS) is 17.3. The van der Waals surface area contributed by atoms with Gasteiger partial charge < -0.3 is 15.4 Å². The zero-order valence-corrected chi connectivity index (χ0v) is 13.5. The third-order valence-electron chi connectivity index (χ3n) is 3.15. The lowest BCUT2D eigenvalue weighted by atomic mass is 10.1. The summed E-state index contributed by atoms with van der Waals surface area (Å²) in [6.07, 6.45) is 1.36. The van der Waals surface area contributed by atoms with Crippen LogP contribution in [-0.4, -0.2) is 68.2 Å². The van der Waals surface area contributed by atoms with Gasteiger partial charge in [0.2, 0.25) is 5.91 Å². The topological polar surface area (TPSA) is 58.8 Å². The third-order valence-corrected chi connectivity index (χ3v) is 3.15. The second-order valence-corrected chi connectivity index (χ2v) is 4.73. The largest absolute Gasteiger partial charge is 0.383 e. The molecule has 7 heteroatoms. The molecule has 0 radical (unpaired) electrons. The average molecular weight is 316 g/mol. The average Bonchev–Trinajstić information content (AvgIpc) is 2.34. The van der Waals surface area contributed by atoms with Gasteiger partial charge in [0.05, 0.1) is 6.61 Å². The van der Waals surface area contributed by atoms with Crippen molar-refractivity contribution in [2.45, 2.75) is 25.8 Å². The molecule has 1 saturated heterocycles. The Bertz CT molecular complexity index is 235. The molecule has 1 unspecified atom stereocenters. The van der Waals surface area contributed by atoms with E-state index in [1.54, 1.807) is 7.11 Å². The Labute approximate surface area is 128 Å². The van der Waals surface area contributed by atoms with Crippen molar-refractivity contribution in [3.8, 4) is 0 Å². The van der Waals surface area contributed by atoms with Crippen LogP contribution in [0.25, 0.3) is 0 Å². The van der Waals surface area contributed by atoms with Crippen LogP contribution in [0, 0.1) is 0 Å². The van der Waals surface area contributed by atoms with Crippen molar-refractivity contribution < 1.29 is 9.53 Å². The van der Waals surface area contributed by atoms with E-state index in [9.17, 15) is 4.79 Å². The molecule has 1 amide bonds. The second-order valence-electron chi connectivity index (χ2n) is 4.73. The summed E-state index contributed by atoms with van der Waals surface area (Å²) >= 11 is 0. The summed E-state index contributed by atoms with van der Waals surface area (Å²) < 4.78 is 5.05. The zero-order chi connectivity index (χ0) is 12.7. The molecule has 1 rings (SSSR count). The molecule has 1 heterocycles. The lowest BCUT2D eigenvalue weighted by molar-refractivity contribution is -0.133. The maximum atomic E-state index is 11.9.